The Kier molecular flexibility index (Phi) is 4.79. The largest absolute Gasteiger partial charge is 0.416 e. The van der Waals surface area contributed by atoms with Crippen LogP contribution in [0, 0.1) is 5.82 Å². The molecule has 1 aromatic rings. The standard InChI is InChI=1S/C14H13F4NO2S/c1-8(20)22-11-5-13(21)19(7-11)6-9-4-10(14(16,17)18)2-3-12(9)15/h2-4,11H,5-7H2,1H3. The van der Waals surface area contributed by atoms with Gasteiger partial charge in [-0.2, -0.15) is 13.2 Å². The van der Waals surface area contributed by atoms with Gasteiger partial charge in [0.25, 0.3) is 0 Å². The lowest BCUT2D eigenvalue weighted by molar-refractivity contribution is -0.137. The third-order valence-electron chi connectivity index (χ3n) is 3.25. The summed E-state index contributed by atoms with van der Waals surface area (Å²) in [5.74, 6) is -1.08. The molecule has 0 N–H and O–H groups in total. The predicted molar refractivity (Wildman–Crippen MR) is 73.5 cm³/mol. The van der Waals surface area contributed by atoms with Gasteiger partial charge in [0.2, 0.25) is 5.91 Å². The fourth-order valence-electron chi connectivity index (χ4n) is 2.28. The van der Waals surface area contributed by atoms with Crippen molar-refractivity contribution < 1.29 is 27.2 Å². The Hall–Kier alpha value is -1.57. The maximum atomic E-state index is 13.7. The van der Waals surface area contributed by atoms with Crippen LogP contribution in [0.1, 0.15) is 24.5 Å². The molecule has 8 heteroatoms. The van der Waals surface area contributed by atoms with Gasteiger partial charge in [-0.25, -0.2) is 4.39 Å². The van der Waals surface area contributed by atoms with Gasteiger partial charge < -0.3 is 4.90 Å². The van der Waals surface area contributed by atoms with Crippen molar-refractivity contribution in [2.45, 2.75) is 31.3 Å². The van der Waals surface area contributed by atoms with E-state index in [1.807, 2.05) is 0 Å². The molecule has 3 nitrogen and oxygen atoms in total. The Bertz CT molecular complexity index is 603. The van der Waals surface area contributed by atoms with Gasteiger partial charge in [-0.05, 0) is 18.2 Å². The minimum absolute atomic E-state index is 0.130. The average Bonchev–Trinajstić information content (AvgIpc) is 2.70. The lowest BCUT2D eigenvalue weighted by Gasteiger charge is -2.18. The third-order valence-corrected chi connectivity index (χ3v) is 4.23. The SMILES string of the molecule is CC(=O)SC1CC(=O)N(Cc2cc(C(F)(F)F)ccc2F)C1. The van der Waals surface area contributed by atoms with E-state index in [4.69, 9.17) is 0 Å². The van der Waals surface area contributed by atoms with Crippen LogP contribution < -0.4 is 0 Å². The molecular formula is C14H13F4NO2S. The first-order valence-electron chi connectivity index (χ1n) is 6.47. The van der Waals surface area contributed by atoms with Crippen molar-refractivity contribution in [3.05, 3.63) is 35.1 Å². The van der Waals surface area contributed by atoms with E-state index in [1.165, 1.54) is 11.8 Å². The zero-order valence-corrected chi connectivity index (χ0v) is 12.4. The molecule has 0 aromatic heterocycles. The van der Waals surface area contributed by atoms with Crippen molar-refractivity contribution in [1.29, 1.82) is 0 Å². The minimum Gasteiger partial charge on any atom is -0.337 e. The zero-order valence-electron chi connectivity index (χ0n) is 11.6. The molecule has 0 bridgehead atoms. The van der Waals surface area contributed by atoms with Crippen LogP contribution in [0.15, 0.2) is 18.2 Å². The molecule has 1 unspecified atom stereocenters. The molecule has 0 spiro atoms. The Morgan fingerprint density at radius 1 is 1.41 bits per heavy atom. The van der Waals surface area contributed by atoms with E-state index in [-0.39, 0.29) is 41.3 Å². The molecule has 0 aliphatic carbocycles. The highest BCUT2D eigenvalue weighted by Crippen LogP contribution is 2.31. The number of thioether (sulfide) groups is 1. The molecular weight excluding hydrogens is 322 g/mol. The third kappa shape index (κ3) is 4.00. The summed E-state index contributed by atoms with van der Waals surface area (Å²) in [6.07, 6.45) is -4.44. The van der Waals surface area contributed by atoms with Crippen molar-refractivity contribution >= 4 is 22.8 Å². The number of hydrogen-bond acceptors (Lipinski definition) is 3. The van der Waals surface area contributed by atoms with Crippen LogP contribution in [-0.2, 0) is 22.3 Å². The molecule has 22 heavy (non-hydrogen) atoms. The highest BCUT2D eigenvalue weighted by atomic mass is 32.2. The van der Waals surface area contributed by atoms with E-state index in [0.29, 0.717) is 12.1 Å². The van der Waals surface area contributed by atoms with E-state index < -0.39 is 17.6 Å². The summed E-state index contributed by atoms with van der Waals surface area (Å²) in [4.78, 5) is 24.1. The van der Waals surface area contributed by atoms with Gasteiger partial charge in [-0.3, -0.25) is 9.59 Å². The molecule has 120 valence electrons. The molecule has 1 heterocycles. The highest BCUT2D eigenvalue weighted by molar-refractivity contribution is 8.14. The second-order valence-electron chi connectivity index (χ2n) is 5.01. The first-order chi connectivity index (χ1) is 10.2. The number of amides is 1. The molecule has 0 radical (unpaired) electrons. The van der Waals surface area contributed by atoms with Crippen LogP contribution in [0.2, 0.25) is 0 Å². The van der Waals surface area contributed by atoms with Gasteiger partial charge in [-0.1, -0.05) is 11.8 Å². The lowest BCUT2D eigenvalue weighted by Crippen LogP contribution is -2.25. The number of carbonyl (C=O) groups excluding carboxylic acids is 2. The summed E-state index contributed by atoms with van der Waals surface area (Å²) in [5, 5.41) is -0.372. The van der Waals surface area contributed by atoms with E-state index in [9.17, 15) is 27.2 Å². The van der Waals surface area contributed by atoms with E-state index in [2.05, 4.69) is 0 Å². The van der Waals surface area contributed by atoms with Crippen molar-refractivity contribution in [3.63, 3.8) is 0 Å². The predicted octanol–water partition coefficient (Wildman–Crippen LogP) is 3.23. The highest BCUT2D eigenvalue weighted by Gasteiger charge is 2.33. The number of likely N-dealkylation sites (tertiary alicyclic amines) is 1. The fourth-order valence-corrected chi connectivity index (χ4v) is 3.23. The molecule has 1 atom stereocenters. The number of hydrogen-bond donors (Lipinski definition) is 0. The van der Waals surface area contributed by atoms with Crippen LogP contribution in [0.3, 0.4) is 0 Å². The van der Waals surface area contributed by atoms with Crippen LogP contribution in [0.25, 0.3) is 0 Å². The number of halogens is 4. The first-order valence-corrected chi connectivity index (χ1v) is 7.35. The number of alkyl halides is 3. The summed E-state index contributed by atoms with van der Waals surface area (Å²) < 4.78 is 51.6. The fraction of sp³-hybridized carbons (Fsp3) is 0.429. The Balaban J connectivity index is 2.14. The summed E-state index contributed by atoms with van der Waals surface area (Å²) >= 11 is 1.02. The zero-order chi connectivity index (χ0) is 16.5. The summed E-state index contributed by atoms with van der Waals surface area (Å²) in [5.41, 5.74) is -1.14. The van der Waals surface area contributed by atoms with E-state index in [0.717, 1.165) is 17.8 Å². The van der Waals surface area contributed by atoms with Gasteiger partial charge in [0.1, 0.15) is 5.82 Å². The van der Waals surface area contributed by atoms with E-state index >= 15 is 0 Å². The van der Waals surface area contributed by atoms with Crippen LogP contribution >= 0.6 is 11.8 Å². The van der Waals surface area contributed by atoms with Crippen molar-refractivity contribution in [2.75, 3.05) is 6.54 Å². The Labute approximate surface area is 128 Å². The number of benzene rings is 1. The van der Waals surface area contributed by atoms with Crippen molar-refractivity contribution in [1.82, 2.24) is 4.90 Å². The van der Waals surface area contributed by atoms with Gasteiger partial charge in [0.15, 0.2) is 5.12 Å². The number of carbonyl (C=O) groups is 2. The maximum absolute atomic E-state index is 13.7. The van der Waals surface area contributed by atoms with Crippen LogP contribution in [-0.4, -0.2) is 27.7 Å². The van der Waals surface area contributed by atoms with Crippen LogP contribution in [0.5, 0.6) is 0 Å². The maximum Gasteiger partial charge on any atom is 0.416 e. The molecule has 1 aromatic carbocycles. The molecule has 1 saturated heterocycles. The molecule has 2 rings (SSSR count). The topological polar surface area (TPSA) is 37.4 Å². The lowest BCUT2D eigenvalue weighted by atomic mass is 10.1. The average molecular weight is 335 g/mol. The molecule has 1 aliphatic heterocycles. The number of rotatable bonds is 3. The summed E-state index contributed by atoms with van der Waals surface area (Å²) in [6, 6.07) is 2.13. The molecule has 1 fully saturated rings. The summed E-state index contributed by atoms with van der Waals surface area (Å²) in [6.45, 7) is 1.37. The number of nitrogens with zero attached hydrogens (tertiary/aromatic N) is 1. The van der Waals surface area contributed by atoms with E-state index in [1.54, 1.807) is 0 Å². The van der Waals surface area contributed by atoms with Gasteiger partial charge >= 0.3 is 6.18 Å². The first kappa shape index (κ1) is 16.8. The second kappa shape index (κ2) is 6.28. The molecule has 1 aliphatic rings. The minimum atomic E-state index is -4.56. The Morgan fingerprint density at radius 2 is 2.09 bits per heavy atom. The quantitative estimate of drug-likeness (QED) is 0.796. The smallest absolute Gasteiger partial charge is 0.337 e. The molecule has 1 amide bonds. The van der Waals surface area contributed by atoms with Gasteiger partial charge in [-0.15, -0.1) is 0 Å². The second-order valence-corrected chi connectivity index (χ2v) is 6.49. The van der Waals surface area contributed by atoms with Gasteiger partial charge in [0, 0.05) is 37.2 Å². The Morgan fingerprint density at radius 3 is 2.68 bits per heavy atom. The van der Waals surface area contributed by atoms with Crippen molar-refractivity contribution in [2.24, 2.45) is 0 Å². The normalized spacial score (nSPS) is 18.9. The van der Waals surface area contributed by atoms with Crippen LogP contribution in [0.4, 0.5) is 17.6 Å². The molecule has 0 saturated carbocycles. The summed E-state index contributed by atoms with van der Waals surface area (Å²) in [7, 11) is 0. The van der Waals surface area contributed by atoms with Crippen molar-refractivity contribution in [3.8, 4) is 0 Å². The monoisotopic (exact) mass is 335 g/mol. The van der Waals surface area contributed by atoms with Gasteiger partial charge in [0.05, 0.1) is 5.56 Å².